The fourth-order valence-corrected chi connectivity index (χ4v) is 2.47. The molecule has 2 amide bonds. The minimum Gasteiger partial charge on any atom is -0.466 e. The summed E-state index contributed by atoms with van der Waals surface area (Å²) in [5, 5.41) is 4.96. The highest BCUT2D eigenvalue weighted by Gasteiger charge is 2.12. The third-order valence-corrected chi connectivity index (χ3v) is 4.00. The van der Waals surface area contributed by atoms with E-state index in [-0.39, 0.29) is 25.5 Å². The van der Waals surface area contributed by atoms with E-state index in [9.17, 15) is 19.2 Å². The Morgan fingerprint density at radius 1 is 1.04 bits per heavy atom. The van der Waals surface area contributed by atoms with E-state index in [0.29, 0.717) is 18.6 Å². The Morgan fingerprint density at radius 2 is 1.77 bits per heavy atom. The SMILES string of the molecule is CCOC(=O)CCCNC(=O)COC(=O)CNC(=O)c1ccccc1I. The normalized spacial score (nSPS) is 9.92. The predicted molar refractivity (Wildman–Crippen MR) is 101 cm³/mol. The van der Waals surface area contributed by atoms with Crippen molar-refractivity contribution in [1.82, 2.24) is 10.6 Å². The van der Waals surface area contributed by atoms with Crippen LogP contribution in [0.25, 0.3) is 0 Å². The molecule has 0 saturated heterocycles. The van der Waals surface area contributed by atoms with E-state index in [0.717, 1.165) is 3.57 Å². The first-order chi connectivity index (χ1) is 12.4. The quantitative estimate of drug-likeness (QED) is 0.297. The molecule has 1 aromatic rings. The third kappa shape index (κ3) is 8.79. The Kier molecular flexibility index (Phi) is 10.3. The van der Waals surface area contributed by atoms with E-state index in [4.69, 9.17) is 9.47 Å². The highest BCUT2D eigenvalue weighted by molar-refractivity contribution is 14.1. The summed E-state index contributed by atoms with van der Waals surface area (Å²) in [5.41, 5.74) is 0.459. The summed E-state index contributed by atoms with van der Waals surface area (Å²) in [6.45, 7) is 1.54. The lowest BCUT2D eigenvalue weighted by atomic mass is 10.2. The van der Waals surface area contributed by atoms with Gasteiger partial charge in [0.15, 0.2) is 6.61 Å². The minimum atomic E-state index is -0.717. The summed E-state index contributed by atoms with van der Waals surface area (Å²) >= 11 is 2.02. The summed E-state index contributed by atoms with van der Waals surface area (Å²) < 4.78 is 10.3. The second-order valence-electron chi connectivity index (χ2n) is 5.08. The number of rotatable bonds is 10. The van der Waals surface area contributed by atoms with Gasteiger partial charge in [0, 0.05) is 16.5 Å². The van der Waals surface area contributed by atoms with Crippen LogP contribution < -0.4 is 10.6 Å². The van der Waals surface area contributed by atoms with Gasteiger partial charge in [-0.2, -0.15) is 0 Å². The molecule has 9 heteroatoms. The first-order valence-electron chi connectivity index (χ1n) is 8.04. The largest absolute Gasteiger partial charge is 0.466 e. The van der Waals surface area contributed by atoms with E-state index >= 15 is 0 Å². The predicted octanol–water partition coefficient (Wildman–Crippen LogP) is 1.02. The van der Waals surface area contributed by atoms with Gasteiger partial charge >= 0.3 is 11.9 Å². The third-order valence-electron chi connectivity index (χ3n) is 3.06. The second kappa shape index (κ2) is 12.2. The van der Waals surface area contributed by atoms with Crippen LogP contribution in [0.1, 0.15) is 30.1 Å². The first kappa shape index (κ1) is 21.9. The average molecular weight is 476 g/mol. The van der Waals surface area contributed by atoms with Crippen molar-refractivity contribution in [1.29, 1.82) is 0 Å². The van der Waals surface area contributed by atoms with Gasteiger partial charge < -0.3 is 20.1 Å². The number of halogens is 1. The number of carbonyl (C=O) groups excluding carboxylic acids is 4. The van der Waals surface area contributed by atoms with Gasteiger partial charge in [0.2, 0.25) is 0 Å². The molecule has 0 atom stereocenters. The van der Waals surface area contributed by atoms with Gasteiger partial charge in [0.25, 0.3) is 11.8 Å². The van der Waals surface area contributed by atoms with Gasteiger partial charge in [0.1, 0.15) is 6.54 Å². The van der Waals surface area contributed by atoms with Crippen molar-refractivity contribution in [3.63, 3.8) is 0 Å². The minimum absolute atomic E-state index is 0.207. The second-order valence-corrected chi connectivity index (χ2v) is 6.24. The molecular weight excluding hydrogens is 455 g/mol. The Labute approximate surface area is 165 Å². The average Bonchev–Trinajstić information content (AvgIpc) is 2.62. The number of amides is 2. The van der Waals surface area contributed by atoms with Gasteiger partial charge in [-0.15, -0.1) is 0 Å². The highest BCUT2D eigenvalue weighted by atomic mass is 127. The van der Waals surface area contributed by atoms with Gasteiger partial charge in [-0.25, -0.2) is 0 Å². The molecule has 0 heterocycles. The van der Waals surface area contributed by atoms with Crippen LogP contribution in [0.5, 0.6) is 0 Å². The summed E-state index contributed by atoms with van der Waals surface area (Å²) in [4.78, 5) is 46.2. The van der Waals surface area contributed by atoms with Crippen LogP contribution in [-0.4, -0.2) is 50.1 Å². The molecule has 1 rings (SSSR count). The van der Waals surface area contributed by atoms with Crippen LogP contribution in [0.4, 0.5) is 0 Å². The molecule has 2 N–H and O–H groups in total. The number of hydrogen-bond acceptors (Lipinski definition) is 6. The van der Waals surface area contributed by atoms with Gasteiger partial charge in [-0.3, -0.25) is 19.2 Å². The smallest absolute Gasteiger partial charge is 0.325 e. The molecule has 0 aliphatic rings. The van der Waals surface area contributed by atoms with Crippen LogP contribution in [0.2, 0.25) is 0 Å². The van der Waals surface area contributed by atoms with Crippen LogP contribution in [0, 0.1) is 3.57 Å². The Morgan fingerprint density at radius 3 is 2.46 bits per heavy atom. The molecule has 0 radical (unpaired) electrons. The lowest BCUT2D eigenvalue weighted by Gasteiger charge is -2.08. The van der Waals surface area contributed by atoms with Crippen LogP contribution in [0.3, 0.4) is 0 Å². The van der Waals surface area contributed by atoms with E-state index in [1.807, 2.05) is 22.6 Å². The first-order valence-corrected chi connectivity index (χ1v) is 9.12. The van der Waals surface area contributed by atoms with E-state index in [1.165, 1.54) is 0 Å². The van der Waals surface area contributed by atoms with Gasteiger partial charge in [-0.1, -0.05) is 12.1 Å². The standard InChI is InChI=1S/C17H21IN2O6/c1-2-25-15(22)8-5-9-19-14(21)11-26-16(23)10-20-17(24)12-6-3-4-7-13(12)18/h3-4,6-7H,2,5,8-11H2,1H3,(H,19,21)(H,20,24). The van der Waals surface area contributed by atoms with Crippen molar-refractivity contribution in [3.8, 4) is 0 Å². The Hall–Kier alpha value is -2.17. The van der Waals surface area contributed by atoms with Crippen LogP contribution >= 0.6 is 22.6 Å². The number of carbonyl (C=O) groups is 4. The molecule has 8 nitrogen and oxygen atoms in total. The molecule has 0 aliphatic carbocycles. The molecule has 1 aromatic carbocycles. The van der Waals surface area contributed by atoms with E-state index < -0.39 is 24.4 Å². The van der Waals surface area contributed by atoms with E-state index in [2.05, 4.69) is 10.6 Å². The zero-order valence-corrected chi connectivity index (χ0v) is 16.5. The number of nitrogens with one attached hydrogen (secondary N) is 2. The molecule has 26 heavy (non-hydrogen) atoms. The Bertz CT molecular complexity index is 650. The number of esters is 2. The zero-order valence-electron chi connectivity index (χ0n) is 14.4. The number of hydrogen-bond donors (Lipinski definition) is 2. The lowest BCUT2D eigenvalue weighted by molar-refractivity contribution is -0.147. The molecule has 0 bridgehead atoms. The maximum atomic E-state index is 11.9. The summed E-state index contributed by atoms with van der Waals surface area (Å²) in [5.74, 6) is -1.91. The van der Waals surface area contributed by atoms with Crippen molar-refractivity contribution >= 4 is 46.3 Å². The fourth-order valence-electron chi connectivity index (χ4n) is 1.83. The summed E-state index contributed by atoms with van der Waals surface area (Å²) in [6.07, 6.45) is 0.641. The van der Waals surface area contributed by atoms with Crippen molar-refractivity contribution in [2.75, 3.05) is 26.3 Å². The monoisotopic (exact) mass is 476 g/mol. The van der Waals surface area contributed by atoms with Gasteiger partial charge in [-0.05, 0) is 48.1 Å². The van der Waals surface area contributed by atoms with Crippen LogP contribution in [-0.2, 0) is 23.9 Å². The molecule has 0 saturated carbocycles. The lowest BCUT2D eigenvalue weighted by Crippen LogP contribution is -2.34. The number of ether oxygens (including phenoxy) is 2. The molecule has 0 fully saturated rings. The maximum Gasteiger partial charge on any atom is 0.325 e. The maximum absolute atomic E-state index is 11.9. The summed E-state index contributed by atoms with van der Waals surface area (Å²) in [6, 6.07) is 6.95. The van der Waals surface area contributed by atoms with Crippen molar-refractivity contribution in [3.05, 3.63) is 33.4 Å². The van der Waals surface area contributed by atoms with Crippen molar-refractivity contribution < 1.29 is 28.7 Å². The molecule has 0 spiro atoms. The molecule has 142 valence electrons. The zero-order chi connectivity index (χ0) is 19.4. The van der Waals surface area contributed by atoms with E-state index in [1.54, 1.807) is 31.2 Å². The van der Waals surface area contributed by atoms with Gasteiger partial charge in [0.05, 0.1) is 12.2 Å². The topological polar surface area (TPSA) is 111 Å². The van der Waals surface area contributed by atoms with Crippen molar-refractivity contribution in [2.24, 2.45) is 0 Å². The molecule has 0 aromatic heterocycles. The van der Waals surface area contributed by atoms with Crippen LogP contribution in [0.15, 0.2) is 24.3 Å². The summed E-state index contributed by atoms with van der Waals surface area (Å²) in [7, 11) is 0. The van der Waals surface area contributed by atoms with Crippen molar-refractivity contribution in [2.45, 2.75) is 19.8 Å². The number of benzene rings is 1. The molecular formula is C17H21IN2O6. The molecule has 0 aliphatic heterocycles. The Balaban J connectivity index is 2.17. The molecule has 0 unspecified atom stereocenters. The highest BCUT2D eigenvalue weighted by Crippen LogP contribution is 2.10. The fraction of sp³-hybridized carbons (Fsp3) is 0.412.